The Hall–Kier alpha value is -3.21. The highest BCUT2D eigenvalue weighted by molar-refractivity contribution is 6.07. The van der Waals surface area contributed by atoms with Crippen molar-refractivity contribution in [1.29, 1.82) is 0 Å². The van der Waals surface area contributed by atoms with Crippen LogP contribution in [0, 0.1) is 12.7 Å². The number of carbonyl (C=O) groups is 1. The Morgan fingerprint density at radius 3 is 2.67 bits per heavy atom. The summed E-state index contributed by atoms with van der Waals surface area (Å²) in [6, 6.07) is 17.1. The molecule has 0 aliphatic carbocycles. The second-order valence-electron chi connectivity index (χ2n) is 5.33. The van der Waals surface area contributed by atoms with E-state index in [4.69, 9.17) is 0 Å². The Labute approximate surface area is 139 Å². The lowest BCUT2D eigenvalue weighted by molar-refractivity contribution is 0.102. The third kappa shape index (κ3) is 3.57. The smallest absolute Gasteiger partial charge is 0.259 e. The van der Waals surface area contributed by atoms with E-state index < -0.39 is 5.82 Å². The Morgan fingerprint density at radius 1 is 1.04 bits per heavy atom. The molecule has 0 aliphatic rings. The number of para-hydroxylation sites is 1. The van der Waals surface area contributed by atoms with Gasteiger partial charge in [0.1, 0.15) is 11.6 Å². The van der Waals surface area contributed by atoms with Gasteiger partial charge in [0.25, 0.3) is 5.91 Å². The fourth-order valence-corrected chi connectivity index (χ4v) is 2.30. The van der Waals surface area contributed by atoms with Crippen molar-refractivity contribution >= 4 is 23.1 Å². The average molecular weight is 321 g/mol. The number of hydrogen-bond acceptors (Lipinski definition) is 3. The highest BCUT2D eigenvalue weighted by atomic mass is 19.1. The van der Waals surface area contributed by atoms with Crippen molar-refractivity contribution in [2.75, 3.05) is 10.6 Å². The van der Waals surface area contributed by atoms with Gasteiger partial charge in [0.2, 0.25) is 0 Å². The van der Waals surface area contributed by atoms with Crippen LogP contribution >= 0.6 is 0 Å². The molecule has 0 atom stereocenters. The van der Waals surface area contributed by atoms with Crippen LogP contribution in [-0.2, 0) is 0 Å². The lowest BCUT2D eigenvalue weighted by Crippen LogP contribution is -2.14. The van der Waals surface area contributed by atoms with E-state index in [1.54, 1.807) is 36.5 Å². The molecule has 3 aromatic rings. The quantitative estimate of drug-likeness (QED) is 0.742. The Balaban J connectivity index is 1.86. The summed E-state index contributed by atoms with van der Waals surface area (Å²) in [5.41, 5.74) is 2.34. The summed E-state index contributed by atoms with van der Waals surface area (Å²) in [6.07, 6.45) is 1.55. The maximum Gasteiger partial charge on any atom is 0.259 e. The predicted octanol–water partition coefficient (Wildman–Crippen LogP) is 4.53. The molecular formula is C19H16FN3O. The zero-order chi connectivity index (χ0) is 16.9. The molecule has 0 aliphatic heterocycles. The van der Waals surface area contributed by atoms with Crippen LogP contribution in [0.2, 0.25) is 0 Å². The maximum absolute atomic E-state index is 13.8. The number of pyridine rings is 1. The summed E-state index contributed by atoms with van der Waals surface area (Å²) in [7, 11) is 0. The Morgan fingerprint density at radius 2 is 1.88 bits per heavy atom. The Kier molecular flexibility index (Phi) is 4.52. The van der Waals surface area contributed by atoms with E-state index in [9.17, 15) is 9.18 Å². The normalized spacial score (nSPS) is 10.2. The largest absolute Gasteiger partial charge is 0.337 e. The summed E-state index contributed by atoms with van der Waals surface area (Å²) in [6.45, 7) is 1.95. The topological polar surface area (TPSA) is 54.0 Å². The van der Waals surface area contributed by atoms with Crippen LogP contribution in [0.5, 0.6) is 0 Å². The lowest BCUT2D eigenvalue weighted by Gasteiger charge is -2.12. The number of nitrogens with one attached hydrogen (secondary N) is 2. The number of hydrogen-bond donors (Lipinski definition) is 2. The average Bonchev–Trinajstić information content (AvgIpc) is 2.57. The molecule has 1 heterocycles. The molecule has 0 fully saturated rings. The van der Waals surface area contributed by atoms with Crippen LogP contribution < -0.4 is 10.6 Å². The minimum absolute atomic E-state index is 0.265. The van der Waals surface area contributed by atoms with Gasteiger partial charge in [-0.3, -0.25) is 4.79 Å². The predicted molar refractivity (Wildman–Crippen MR) is 93.1 cm³/mol. The molecule has 4 nitrogen and oxygen atoms in total. The first-order valence-corrected chi connectivity index (χ1v) is 7.48. The van der Waals surface area contributed by atoms with Gasteiger partial charge in [-0.2, -0.15) is 0 Å². The Bertz CT molecular complexity index is 880. The first-order chi connectivity index (χ1) is 11.6. The van der Waals surface area contributed by atoms with Crippen molar-refractivity contribution in [2.45, 2.75) is 6.92 Å². The minimum Gasteiger partial charge on any atom is -0.337 e. The summed E-state index contributed by atoms with van der Waals surface area (Å²) < 4.78 is 13.8. The molecule has 24 heavy (non-hydrogen) atoms. The molecule has 1 aromatic heterocycles. The number of aromatic nitrogens is 1. The first kappa shape index (κ1) is 15.7. The molecule has 2 N–H and O–H groups in total. The molecule has 0 spiro atoms. The summed E-state index contributed by atoms with van der Waals surface area (Å²) in [5, 5.41) is 5.70. The SMILES string of the molecule is Cc1cccc(NC(=O)c2cccnc2Nc2ccccc2F)c1. The van der Waals surface area contributed by atoms with Crippen molar-refractivity contribution in [1.82, 2.24) is 4.98 Å². The van der Waals surface area contributed by atoms with Gasteiger partial charge >= 0.3 is 0 Å². The number of nitrogens with zero attached hydrogens (tertiary/aromatic N) is 1. The molecule has 0 saturated heterocycles. The number of rotatable bonds is 4. The van der Waals surface area contributed by atoms with Crippen LogP contribution in [0.25, 0.3) is 0 Å². The summed E-state index contributed by atoms with van der Waals surface area (Å²) >= 11 is 0. The zero-order valence-corrected chi connectivity index (χ0v) is 13.1. The number of aryl methyl sites for hydroxylation is 1. The van der Waals surface area contributed by atoms with Crippen molar-refractivity contribution in [3.8, 4) is 0 Å². The van der Waals surface area contributed by atoms with E-state index in [1.807, 2.05) is 31.2 Å². The standard InChI is InChI=1S/C19H16FN3O/c1-13-6-4-7-14(12-13)22-19(24)15-8-5-11-21-18(15)23-17-10-3-2-9-16(17)20/h2-12H,1H3,(H,21,23)(H,22,24). The van der Waals surface area contributed by atoms with Gasteiger partial charge in [-0.25, -0.2) is 9.37 Å². The fraction of sp³-hybridized carbons (Fsp3) is 0.0526. The van der Waals surface area contributed by atoms with Crippen LogP contribution in [0.3, 0.4) is 0 Å². The molecule has 2 aromatic carbocycles. The van der Waals surface area contributed by atoms with Gasteiger partial charge in [-0.1, -0.05) is 24.3 Å². The van der Waals surface area contributed by atoms with Crippen LogP contribution in [0.1, 0.15) is 15.9 Å². The lowest BCUT2D eigenvalue weighted by atomic mass is 10.2. The van der Waals surface area contributed by atoms with Crippen LogP contribution in [0.4, 0.5) is 21.6 Å². The van der Waals surface area contributed by atoms with Gasteiger partial charge in [0.05, 0.1) is 11.3 Å². The van der Waals surface area contributed by atoms with Gasteiger partial charge in [0.15, 0.2) is 0 Å². The zero-order valence-electron chi connectivity index (χ0n) is 13.1. The number of halogens is 1. The van der Waals surface area contributed by atoms with E-state index in [2.05, 4.69) is 15.6 Å². The second kappa shape index (κ2) is 6.91. The molecule has 3 rings (SSSR count). The maximum atomic E-state index is 13.8. The second-order valence-corrected chi connectivity index (χ2v) is 5.33. The molecule has 1 amide bonds. The fourth-order valence-electron chi connectivity index (χ4n) is 2.30. The van der Waals surface area contributed by atoms with Crippen molar-refractivity contribution in [2.24, 2.45) is 0 Å². The van der Waals surface area contributed by atoms with E-state index in [0.29, 0.717) is 17.1 Å². The van der Waals surface area contributed by atoms with Crippen molar-refractivity contribution in [3.63, 3.8) is 0 Å². The molecule has 120 valence electrons. The van der Waals surface area contributed by atoms with Crippen molar-refractivity contribution < 1.29 is 9.18 Å². The molecule has 0 radical (unpaired) electrons. The molecular weight excluding hydrogens is 305 g/mol. The van der Waals surface area contributed by atoms with Gasteiger partial charge in [-0.15, -0.1) is 0 Å². The number of amides is 1. The summed E-state index contributed by atoms with van der Waals surface area (Å²) in [4.78, 5) is 16.7. The highest BCUT2D eigenvalue weighted by Crippen LogP contribution is 2.22. The van der Waals surface area contributed by atoms with E-state index in [-0.39, 0.29) is 11.6 Å². The first-order valence-electron chi connectivity index (χ1n) is 7.48. The summed E-state index contributed by atoms with van der Waals surface area (Å²) in [5.74, 6) is -0.423. The highest BCUT2D eigenvalue weighted by Gasteiger charge is 2.14. The minimum atomic E-state index is -0.409. The van der Waals surface area contributed by atoms with E-state index in [1.165, 1.54) is 6.07 Å². The molecule has 0 unspecified atom stereocenters. The van der Waals surface area contributed by atoms with E-state index in [0.717, 1.165) is 5.56 Å². The number of anilines is 3. The van der Waals surface area contributed by atoms with Gasteiger partial charge in [-0.05, 0) is 48.9 Å². The van der Waals surface area contributed by atoms with Crippen LogP contribution in [-0.4, -0.2) is 10.9 Å². The number of benzene rings is 2. The van der Waals surface area contributed by atoms with Gasteiger partial charge < -0.3 is 10.6 Å². The third-order valence-electron chi connectivity index (χ3n) is 3.46. The van der Waals surface area contributed by atoms with E-state index >= 15 is 0 Å². The molecule has 5 heteroatoms. The third-order valence-corrected chi connectivity index (χ3v) is 3.46. The number of carbonyl (C=O) groups excluding carboxylic acids is 1. The van der Waals surface area contributed by atoms with Crippen LogP contribution in [0.15, 0.2) is 66.9 Å². The van der Waals surface area contributed by atoms with Crippen molar-refractivity contribution in [3.05, 3.63) is 83.8 Å². The van der Waals surface area contributed by atoms with Gasteiger partial charge in [0, 0.05) is 11.9 Å². The molecule has 0 bridgehead atoms. The monoisotopic (exact) mass is 321 g/mol. The molecule has 0 saturated carbocycles.